The van der Waals surface area contributed by atoms with Crippen LogP contribution in [0.2, 0.25) is 0 Å². The standard InChI is InChI=1S/C20H25NO5S/c1-15-13-17(7-9-18(15)24-2)27(22,23)21-10-4-3-5-16-6-8-19-20(14-16)26-12-11-25-19/h6-9,13-14,21H,3-5,10-12H2,1-2H3. The molecule has 6 nitrogen and oxygen atoms in total. The molecule has 1 aliphatic rings. The lowest BCUT2D eigenvalue weighted by molar-refractivity contribution is 0.171. The highest BCUT2D eigenvalue weighted by Crippen LogP contribution is 2.31. The molecule has 1 heterocycles. The molecule has 0 amide bonds. The highest BCUT2D eigenvalue weighted by Gasteiger charge is 2.15. The number of methoxy groups -OCH3 is 1. The van der Waals surface area contributed by atoms with E-state index >= 15 is 0 Å². The third-order valence-electron chi connectivity index (χ3n) is 4.47. The summed E-state index contributed by atoms with van der Waals surface area (Å²) in [5, 5.41) is 0. The Balaban J connectivity index is 1.47. The number of aryl methyl sites for hydroxylation is 2. The summed E-state index contributed by atoms with van der Waals surface area (Å²) in [6, 6.07) is 10.8. The van der Waals surface area contributed by atoms with Gasteiger partial charge in [0, 0.05) is 6.54 Å². The molecule has 0 bridgehead atoms. The molecule has 0 saturated carbocycles. The zero-order valence-electron chi connectivity index (χ0n) is 15.7. The first-order valence-electron chi connectivity index (χ1n) is 9.02. The van der Waals surface area contributed by atoms with Crippen molar-refractivity contribution in [2.45, 2.75) is 31.1 Å². The smallest absolute Gasteiger partial charge is 0.240 e. The fourth-order valence-corrected chi connectivity index (χ4v) is 4.16. The van der Waals surface area contributed by atoms with Gasteiger partial charge in [-0.3, -0.25) is 0 Å². The summed E-state index contributed by atoms with van der Waals surface area (Å²) < 4.78 is 43.7. The second-order valence-corrected chi connectivity index (χ2v) is 8.23. The Bertz CT molecular complexity index is 895. The van der Waals surface area contributed by atoms with Crippen LogP contribution >= 0.6 is 0 Å². The summed E-state index contributed by atoms with van der Waals surface area (Å²) >= 11 is 0. The molecule has 2 aromatic carbocycles. The lowest BCUT2D eigenvalue weighted by atomic mass is 10.1. The predicted molar refractivity (Wildman–Crippen MR) is 103 cm³/mol. The van der Waals surface area contributed by atoms with Crippen molar-refractivity contribution in [3.63, 3.8) is 0 Å². The molecule has 1 aliphatic heterocycles. The Morgan fingerprint density at radius 1 is 1.04 bits per heavy atom. The average Bonchev–Trinajstić information content (AvgIpc) is 2.67. The quantitative estimate of drug-likeness (QED) is 0.700. The Morgan fingerprint density at radius 2 is 1.81 bits per heavy atom. The van der Waals surface area contributed by atoms with Crippen molar-refractivity contribution in [1.82, 2.24) is 4.72 Å². The van der Waals surface area contributed by atoms with Gasteiger partial charge < -0.3 is 14.2 Å². The van der Waals surface area contributed by atoms with Crippen molar-refractivity contribution >= 4 is 10.0 Å². The molecule has 7 heteroatoms. The van der Waals surface area contributed by atoms with E-state index in [1.807, 2.05) is 25.1 Å². The molecule has 0 fully saturated rings. The van der Waals surface area contributed by atoms with E-state index < -0.39 is 10.0 Å². The van der Waals surface area contributed by atoms with Gasteiger partial charge in [0.15, 0.2) is 11.5 Å². The second kappa shape index (κ2) is 8.63. The van der Waals surface area contributed by atoms with Crippen LogP contribution in [-0.2, 0) is 16.4 Å². The van der Waals surface area contributed by atoms with Crippen molar-refractivity contribution in [3.8, 4) is 17.2 Å². The molecule has 0 unspecified atom stereocenters. The van der Waals surface area contributed by atoms with Gasteiger partial charge in [-0.05, 0) is 67.6 Å². The first-order chi connectivity index (χ1) is 13.0. The monoisotopic (exact) mass is 391 g/mol. The molecule has 0 aliphatic carbocycles. The summed E-state index contributed by atoms with van der Waals surface area (Å²) in [6.45, 7) is 3.38. The van der Waals surface area contributed by atoms with Gasteiger partial charge in [-0.1, -0.05) is 6.07 Å². The Hall–Kier alpha value is -2.25. The summed E-state index contributed by atoms with van der Waals surface area (Å²) in [5.41, 5.74) is 1.95. The molecule has 0 aromatic heterocycles. The minimum Gasteiger partial charge on any atom is -0.496 e. The molecule has 0 atom stereocenters. The van der Waals surface area contributed by atoms with E-state index in [0.717, 1.165) is 41.9 Å². The second-order valence-electron chi connectivity index (χ2n) is 6.46. The number of nitrogens with one attached hydrogen (secondary N) is 1. The average molecular weight is 391 g/mol. The number of fused-ring (bicyclic) bond motifs is 1. The van der Waals surface area contributed by atoms with Crippen LogP contribution in [0, 0.1) is 6.92 Å². The van der Waals surface area contributed by atoms with Crippen molar-refractivity contribution in [2.75, 3.05) is 26.9 Å². The van der Waals surface area contributed by atoms with Gasteiger partial charge in [-0.2, -0.15) is 0 Å². The number of hydrogen-bond acceptors (Lipinski definition) is 5. The van der Waals surface area contributed by atoms with E-state index in [1.54, 1.807) is 25.3 Å². The van der Waals surface area contributed by atoms with Crippen molar-refractivity contribution in [2.24, 2.45) is 0 Å². The van der Waals surface area contributed by atoms with Crippen molar-refractivity contribution in [3.05, 3.63) is 47.5 Å². The van der Waals surface area contributed by atoms with Gasteiger partial charge in [0.2, 0.25) is 10.0 Å². The third kappa shape index (κ3) is 4.93. The SMILES string of the molecule is COc1ccc(S(=O)(=O)NCCCCc2ccc3c(c2)OCCO3)cc1C. The number of ether oxygens (including phenoxy) is 3. The van der Waals surface area contributed by atoms with Crippen molar-refractivity contribution in [1.29, 1.82) is 0 Å². The van der Waals surface area contributed by atoms with E-state index in [0.29, 0.717) is 25.5 Å². The van der Waals surface area contributed by atoms with E-state index in [-0.39, 0.29) is 4.90 Å². The maximum Gasteiger partial charge on any atom is 0.240 e. The predicted octanol–water partition coefficient (Wildman–Crippen LogP) is 3.08. The maximum absolute atomic E-state index is 12.4. The summed E-state index contributed by atoms with van der Waals surface area (Å²) in [5.74, 6) is 2.25. The van der Waals surface area contributed by atoms with Gasteiger partial charge >= 0.3 is 0 Å². The maximum atomic E-state index is 12.4. The Kier molecular flexibility index (Phi) is 6.23. The third-order valence-corrected chi connectivity index (χ3v) is 5.93. The molecular weight excluding hydrogens is 366 g/mol. The molecule has 27 heavy (non-hydrogen) atoms. The summed E-state index contributed by atoms with van der Waals surface area (Å²) in [6.07, 6.45) is 2.49. The first-order valence-corrected chi connectivity index (χ1v) is 10.5. The highest BCUT2D eigenvalue weighted by atomic mass is 32.2. The summed E-state index contributed by atoms with van der Waals surface area (Å²) in [4.78, 5) is 0.257. The van der Waals surface area contributed by atoms with E-state index in [4.69, 9.17) is 14.2 Å². The van der Waals surface area contributed by atoms with Gasteiger partial charge in [0.05, 0.1) is 12.0 Å². The molecule has 1 N–H and O–H groups in total. The minimum atomic E-state index is -3.51. The zero-order valence-corrected chi connectivity index (χ0v) is 16.5. The lowest BCUT2D eigenvalue weighted by Gasteiger charge is -2.18. The molecular formula is C20H25NO5S. The van der Waals surface area contributed by atoms with Gasteiger partial charge in [0.1, 0.15) is 19.0 Å². The van der Waals surface area contributed by atoms with E-state index in [1.165, 1.54) is 0 Å². The summed E-state index contributed by atoms with van der Waals surface area (Å²) in [7, 11) is -1.94. The number of benzene rings is 2. The topological polar surface area (TPSA) is 73.9 Å². The Morgan fingerprint density at radius 3 is 2.56 bits per heavy atom. The largest absolute Gasteiger partial charge is 0.496 e. The highest BCUT2D eigenvalue weighted by molar-refractivity contribution is 7.89. The molecule has 146 valence electrons. The number of hydrogen-bond donors (Lipinski definition) is 1. The zero-order chi connectivity index (χ0) is 19.3. The number of sulfonamides is 1. The molecule has 3 rings (SSSR count). The van der Waals surface area contributed by atoms with Crippen LogP contribution in [0.25, 0.3) is 0 Å². The van der Waals surface area contributed by atoms with E-state index in [9.17, 15) is 8.42 Å². The fraction of sp³-hybridized carbons (Fsp3) is 0.400. The normalized spacial score (nSPS) is 13.4. The molecule has 2 aromatic rings. The van der Waals surface area contributed by atoms with Gasteiger partial charge in [-0.25, -0.2) is 13.1 Å². The van der Waals surface area contributed by atoms with Gasteiger partial charge in [0.25, 0.3) is 0 Å². The van der Waals surface area contributed by atoms with Gasteiger partial charge in [-0.15, -0.1) is 0 Å². The fourth-order valence-electron chi connectivity index (χ4n) is 3.01. The number of rotatable bonds is 8. The van der Waals surface area contributed by atoms with Crippen molar-refractivity contribution < 1.29 is 22.6 Å². The van der Waals surface area contributed by atoms with Crippen LogP contribution in [0.15, 0.2) is 41.3 Å². The van der Waals surface area contributed by atoms with Crippen LogP contribution in [0.3, 0.4) is 0 Å². The van der Waals surface area contributed by atoms with Crippen LogP contribution in [0.1, 0.15) is 24.0 Å². The van der Waals surface area contributed by atoms with Crippen LogP contribution in [0.4, 0.5) is 0 Å². The van der Waals surface area contributed by atoms with Crippen LogP contribution in [-0.4, -0.2) is 35.3 Å². The molecule has 0 spiro atoms. The first kappa shape index (κ1) is 19.5. The Labute approximate surface area is 160 Å². The van der Waals surface area contributed by atoms with E-state index in [2.05, 4.69) is 4.72 Å². The molecule has 0 saturated heterocycles. The van der Waals surface area contributed by atoms with Crippen LogP contribution < -0.4 is 18.9 Å². The molecule has 0 radical (unpaired) electrons. The number of unbranched alkanes of at least 4 members (excludes halogenated alkanes) is 1. The minimum absolute atomic E-state index is 0.257. The van der Waals surface area contributed by atoms with Crippen LogP contribution in [0.5, 0.6) is 17.2 Å². The lowest BCUT2D eigenvalue weighted by Crippen LogP contribution is -2.25.